The Morgan fingerprint density at radius 1 is 1.19 bits per heavy atom. The maximum Gasteiger partial charge on any atom is 0.251 e. The van der Waals surface area contributed by atoms with Crippen LogP contribution in [-0.2, 0) is 9.84 Å². The van der Waals surface area contributed by atoms with E-state index in [1.807, 2.05) is 0 Å². The monoisotopic (exact) mass is 329 g/mol. The number of hydrogen-bond acceptors (Lipinski definition) is 3. The Bertz CT molecular complexity index is 620. The van der Waals surface area contributed by atoms with Crippen LogP contribution in [0.15, 0.2) is 23.1 Å². The van der Waals surface area contributed by atoms with Gasteiger partial charge in [0.1, 0.15) is 0 Å². The molecule has 1 N–H and O–H groups in total. The van der Waals surface area contributed by atoms with Gasteiger partial charge in [-0.3, -0.25) is 4.79 Å². The van der Waals surface area contributed by atoms with Crippen LogP contribution >= 0.6 is 11.6 Å². The van der Waals surface area contributed by atoms with Crippen LogP contribution in [0.5, 0.6) is 0 Å². The summed E-state index contributed by atoms with van der Waals surface area (Å²) in [4.78, 5) is 12.3. The third-order valence-corrected chi connectivity index (χ3v) is 5.36. The summed E-state index contributed by atoms with van der Waals surface area (Å²) in [6, 6.07) is 4.55. The number of rotatable bonds is 3. The Labute approximate surface area is 130 Å². The van der Waals surface area contributed by atoms with Gasteiger partial charge in [-0.1, -0.05) is 37.3 Å². The van der Waals surface area contributed by atoms with Crippen LogP contribution in [0.4, 0.5) is 0 Å². The molecule has 0 radical (unpaired) electrons. The van der Waals surface area contributed by atoms with E-state index in [0.29, 0.717) is 5.56 Å². The molecule has 6 heteroatoms. The molecule has 1 aromatic carbocycles. The molecule has 4 nitrogen and oxygen atoms in total. The van der Waals surface area contributed by atoms with Gasteiger partial charge in [-0.25, -0.2) is 8.42 Å². The van der Waals surface area contributed by atoms with Gasteiger partial charge in [0.15, 0.2) is 9.84 Å². The summed E-state index contributed by atoms with van der Waals surface area (Å²) in [6.07, 6.45) is 7.73. The minimum Gasteiger partial charge on any atom is -0.349 e. The fraction of sp³-hybridized carbons (Fsp3) is 0.533. The lowest BCUT2D eigenvalue weighted by molar-refractivity contribution is 0.0933. The molecule has 0 unspecified atom stereocenters. The van der Waals surface area contributed by atoms with Crippen molar-refractivity contribution in [2.24, 2.45) is 0 Å². The molecule has 21 heavy (non-hydrogen) atoms. The molecule has 2 rings (SSSR count). The first-order valence-electron chi connectivity index (χ1n) is 7.18. The Morgan fingerprint density at radius 3 is 2.38 bits per heavy atom. The van der Waals surface area contributed by atoms with Crippen molar-refractivity contribution in [3.8, 4) is 0 Å². The van der Waals surface area contributed by atoms with Crippen LogP contribution in [0, 0.1) is 0 Å². The number of amides is 1. The van der Waals surface area contributed by atoms with E-state index in [1.165, 1.54) is 25.0 Å². The first-order valence-corrected chi connectivity index (χ1v) is 9.45. The third-order valence-electron chi connectivity index (χ3n) is 3.78. The SMILES string of the molecule is CS(=O)(=O)c1cc(C(=O)NC2CCCCCC2)ccc1Cl. The van der Waals surface area contributed by atoms with Gasteiger partial charge in [-0.15, -0.1) is 0 Å². The highest BCUT2D eigenvalue weighted by Crippen LogP contribution is 2.23. The van der Waals surface area contributed by atoms with Crippen LogP contribution in [0.1, 0.15) is 48.9 Å². The van der Waals surface area contributed by atoms with Crippen molar-refractivity contribution in [2.45, 2.75) is 49.5 Å². The summed E-state index contributed by atoms with van der Waals surface area (Å²) in [5.74, 6) is -0.233. The van der Waals surface area contributed by atoms with E-state index in [-0.39, 0.29) is 21.9 Å². The summed E-state index contributed by atoms with van der Waals surface area (Å²) in [5.41, 5.74) is 0.337. The number of benzene rings is 1. The standard InChI is InChI=1S/C15H20ClNO3S/c1-21(19,20)14-10-11(8-9-13(14)16)15(18)17-12-6-4-2-3-5-7-12/h8-10,12H,2-7H2,1H3,(H,17,18). The van der Waals surface area contributed by atoms with E-state index in [2.05, 4.69) is 5.32 Å². The van der Waals surface area contributed by atoms with E-state index >= 15 is 0 Å². The van der Waals surface area contributed by atoms with Gasteiger partial charge in [-0.05, 0) is 31.0 Å². The maximum atomic E-state index is 12.3. The Morgan fingerprint density at radius 2 is 1.81 bits per heavy atom. The Kier molecular flexibility index (Phi) is 5.27. The highest BCUT2D eigenvalue weighted by atomic mass is 35.5. The van der Waals surface area contributed by atoms with Crippen molar-refractivity contribution in [1.82, 2.24) is 5.32 Å². The summed E-state index contributed by atoms with van der Waals surface area (Å²) >= 11 is 5.89. The molecule has 1 saturated carbocycles. The molecule has 0 aliphatic heterocycles. The number of carbonyl (C=O) groups is 1. The molecule has 0 spiro atoms. The fourth-order valence-corrected chi connectivity index (χ4v) is 3.92. The Hall–Kier alpha value is -1.07. The number of carbonyl (C=O) groups excluding carboxylic acids is 1. The molecular formula is C15H20ClNO3S. The fourth-order valence-electron chi connectivity index (χ4n) is 2.62. The predicted molar refractivity (Wildman–Crippen MR) is 83.5 cm³/mol. The van der Waals surface area contributed by atoms with Gasteiger partial charge in [0.2, 0.25) is 0 Å². The molecule has 0 bridgehead atoms. The van der Waals surface area contributed by atoms with Crippen molar-refractivity contribution in [3.05, 3.63) is 28.8 Å². The summed E-state index contributed by atoms with van der Waals surface area (Å²) < 4.78 is 23.3. The summed E-state index contributed by atoms with van der Waals surface area (Å²) in [6.45, 7) is 0. The highest BCUT2D eigenvalue weighted by molar-refractivity contribution is 7.90. The molecule has 1 aromatic rings. The predicted octanol–water partition coefficient (Wildman–Crippen LogP) is 3.20. The summed E-state index contributed by atoms with van der Waals surface area (Å²) in [5, 5.41) is 3.14. The molecular weight excluding hydrogens is 310 g/mol. The number of halogens is 1. The van der Waals surface area contributed by atoms with Gasteiger partial charge in [0, 0.05) is 17.9 Å². The van der Waals surface area contributed by atoms with Gasteiger partial charge in [-0.2, -0.15) is 0 Å². The van der Waals surface area contributed by atoms with Crippen molar-refractivity contribution >= 4 is 27.3 Å². The number of sulfone groups is 1. The molecule has 1 aliphatic carbocycles. The second-order valence-corrected chi connectivity index (χ2v) is 7.97. The first kappa shape index (κ1) is 16.3. The lowest BCUT2D eigenvalue weighted by atomic mass is 10.1. The van der Waals surface area contributed by atoms with Crippen LogP contribution in [0.2, 0.25) is 5.02 Å². The molecule has 1 fully saturated rings. The minimum atomic E-state index is -3.44. The lowest BCUT2D eigenvalue weighted by Crippen LogP contribution is -2.34. The van der Waals surface area contributed by atoms with E-state index in [4.69, 9.17) is 11.6 Å². The van der Waals surface area contributed by atoms with Crippen molar-refractivity contribution in [3.63, 3.8) is 0 Å². The normalized spacial score (nSPS) is 17.2. The van der Waals surface area contributed by atoms with Gasteiger partial charge >= 0.3 is 0 Å². The molecule has 0 atom stereocenters. The average Bonchev–Trinajstić information content (AvgIpc) is 2.66. The quantitative estimate of drug-likeness (QED) is 0.866. The molecule has 0 aromatic heterocycles. The van der Waals surface area contributed by atoms with Gasteiger partial charge < -0.3 is 5.32 Å². The molecule has 0 heterocycles. The van der Waals surface area contributed by atoms with Crippen LogP contribution in [0.25, 0.3) is 0 Å². The summed E-state index contributed by atoms with van der Waals surface area (Å²) in [7, 11) is -3.44. The number of nitrogens with one attached hydrogen (secondary N) is 1. The van der Waals surface area contributed by atoms with Crippen molar-refractivity contribution < 1.29 is 13.2 Å². The first-order chi connectivity index (χ1) is 9.88. The second-order valence-electron chi connectivity index (χ2n) is 5.58. The van der Waals surface area contributed by atoms with Gasteiger partial charge in [0.05, 0.1) is 9.92 Å². The Balaban J connectivity index is 2.16. The van der Waals surface area contributed by atoms with E-state index in [1.54, 1.807) is 6.07 Å². The number of hydrogen-bond donors (Lipinski definition) is 1. The smallest absolute Gasteiger partial charge is 0.251 e. The molecule has 1 aliphatic rings. The minimum absolute atomic E-state index is 0.00215. The van der Waals surface area contributed by atoms with Crippen molar-refractivity contribution in [1.29, 1.82) is 0 Å². The zero-order valence-corrected chi connectivity index (χ0v) is 13.6. The topological polar surface area (TPSA) is 63.2 Å². The van der Waals surface area contributed by atoms with E-state index in [9.17, 15) is 13.2 Å². The largest absolute Gasteiger partial charge is 0.349 e. The van der Waals surface area contributed by atoms with Crippen molar-refractivity contribution in [2.75, 3.05) is 6.26 Å². The van der Waals surface area contributed by atoms with Crippen LogP contribution in [0.3, 0.4) is 0 Å². The third kappa shape index (κ3) is 4.45. The lowest BCUT2D eigenvalue weighted by Gasteiger charge is -2.16. The average molecular weight is 330 g/mol. The zero-order valence-electron chi connectivity index (χ0n) is 12.1. The molecule has 116 valence electrons. The van der Waals surface area contributed by atoms with E-state index < -0.39 is 9.84 Å². The second kappa shape index (κ2) is 6.79. The van der Waals surface area contributed by atoms with Crippen LogP contribution < -0.4 is 5.32 Å². The van der Waals surface area contributed by atoms with E-state index in [0.717, 1.165) is 31.9 Å². The van der Waals surface area contributed by atoms with Gasteiger partial charge in [0.25, 0.3) is 5.91 Å². The maximum absolute atomic E-state index is 12.3. The molecule has 0 saturated heterocycles. The molecule has 1 amide bonds. The zero-order chi connectivity index (χ0) is 15.5. The van der Waals surface area contributed by atoms with Crippen LogP contribution in [-0.4, -0.2) is 26.6 Å². The highest BCUT2D eigenvalue weighted by Gasteiger charge is 2.19.